The molecule has 0 aromatic rings. The third-order valence-corrected chi connectivity index (χ3v) is 3.40. The first kappa shape index (κ1) is 12.8. The molecule has 0 fully saturated rings. The molecule has 0 bridgehead atoms. The van der Waals surface area contributed by atoms with Gasteiger partial charge < -0.3 is 4.74 Å². The smallest absolute Gasteiger partial charge is 0.119 e. The number of hydrogen-bond acceptors (Lipinski definition) is 2. The SMILES string of the molecule is CCOC1=CCCC2=C1C(CC(C)N=[N+]=[N-])C=C2. The van der Waals surface area contributed by atoms with Crippen molar-refractivity contribution >= 4 is 0 Å². The van der Waals surface area contributed by atoms with E-state index in [1.54, 1.807) is 0 Å². The van der Waals surface area contributed by atoms with E-state index in [2.05, 4.69) is 28.3 Å². The maximum absolute atomic E-state index is 8.47. The Kier molecular flexibility index (Phi) is 4.11. The van der Waals surface area contributed by atoms with Crippen LogP contribution in [0.15, 0.2) is 40.2 Å². The monoisotopic (exact) mass is 245 g/mol. The average Bonchev–Trinajstić information content (AvgIpc) is 2.74. The van der Waals surface area contributed by atoms with Crippen molar-refractivity contribution in [2.24, 2.45) is 11.0 Å². The lowest BCUT2D eigenvalue weighted by atomic mass is 9.88. The van der Waals surface area contributed by atoms with Crippen LogP contribution in [0.2, 0.25) is 0 Å². The molecule has 0 aromatic heterocycles. The van der Waals surface area contributed by atoms with Crippen molar-refractivity contribution in [2.45, 2.75) is 39.2 Å². The fourth-order valence-electron chi connectivity index (χ4n) is 2.68. The summed E-state index contributed by atoms with van der Waals surface area (Å²) >= 11 is 0. The van der Waals surface area contributed by atoms with Crippen LogP contribution in [0, 0.1) is 5.92 Å². The van der Waals surface area contributed by atoms with Crippen LogP contribution >= 0.6 is 0 Å². The summed E-state index contributed by atoms with van der Waals surface area (Å²) in [5.41, 5.74) is 11.2. The number of nitrogens with zero attached hydrogens (tertiary/aromatic N) is 3. The minimum atomic E-state index is 0.0151. The van der Waals surface area contributed by atoms with Gasteiger partial charge in [0, 0.05) is 22.4 Å². The zero-order chi connectivity index (χ0) is 13.0. The Balaban J connectivity index is 2.14. The zero-order valence-corrected chi connectivity index (χ0v) is 11.0. The van der Waals surface area contributed by atoms with Crippen LogP contribution in [0.3, 0.4) is 0 Å². The molecule has 0 aliphatic heterocycles. The predicted molar refractivity (Wildman–Crippen MR) is 71.8 cm³/mol. The molecule has 0 N–H and O–H groups in total. The van der Waals surface area contributed by atoms with Crippen molar-refractivity contribution in [3.63, 3.8) is 0 Å². The van der Waals surface area contributed by atoms with Gasteiger partial charge in [-0.25, -0.2) is 0 Å². The Labute approximate surface area is 108 Å². The average molecular weight is 245 g/mol. The molecule has 4 heteroatoms. The van der Waals surface area contributed by atoms with Gasteiger partial charge in [0.05, 0.1) is 6.61 Å². The van der Waals surface area contributed by atoms with E-state index in [0.29, 0.717) is 12.5 Å². The van der Waals surface area contributed by atoms with Gasteiger partial charge in [0.2, 0.25) is 0 Å². The van der Waals surface area contributed by atoms with Crippen LogP contribution < -0.4 is 0 Å². The quantitative estimate of drug-likeness (QED) is 0.405. The zero-order valence-electron chi connectivity index (χ0n) is 11.0. The molecule has 2 unspecified atom stereocenters. The Bertz CT molecular complexity index is 456. The Hall–Kier alpha value is -1.67. The first-order chi connectivity index (χ1) is 8.76. The second kappa shape index (κ2) is 5.78. The van der Waals surface area contributed by atoms with Crippen LogP contribution in [-0.4, -0.2) is 12.6 Å². The van der Waals surface area contributed by atoms with Gasteiger partial charge in [-0.15, -0.1) is 0 Å². The van der Waals surface area contributed by atoms with Gasteiger partial charge in [-0.2, -0.15) is 0 Å². The van der Waals surface area contributed by atoms with E-state index in [9.17, 15) is 0 Å². The summed E-state index contributed by atoms with van der Waals surface area (Å²) in [7, 11) is 0. The molecule has 4 nitrogen and oxygen atoms in total. The highest BCUT2D eigenvalue weighted by atomic mass is 16.5. The maximum atomic E-state index is 8.47. The van der Waals surface area contributed by atoms with E-state index in [4.69, 9.17) is 10.3 Å². The summed E-state index contributed by atoms with van der Waals surface area (Å²) in [6, 6.07) is 0.0151. The predicted octanol–water partition coefficient (Wildman–Crippen LogP) is 4.27. The fraction of sp³-hybridized carbons (Fsp3) is 0.571. The molecular weight excluding hydrogens is 226 g/mol. The Morgan fingerprint density at radius 2 is 2.44 bits per heavy atom. The molecule has 2 rings (SSSR count). The maximum Gasteiger partial charge on any atom is 0.119 e. The minimum Gasteiger partial charge on any atom is -0.494 e. The highest BCUT2D eigenvalue weighted by molar-refractivity contribution is 5.48. The summed E-state index contributed by atoms with van der Waals surface area (Å²) < 4.78 is 5.73. The number of rotatable bonds is 5. The molecule has 2 atom stereocenters. The molecular formula is C14H19N3O. The number of allylic oxidation sites excluding steroid dienone is 5. The van der Waals surface area contributed by atoms with Crippen LogP contribution in [-0.2, 0) is 4.74 Å². The molecule has 0 radical (unpaired) electrons. The first-order valence-corrected chi connectivity index (χ1v) is 6.55. The van der Waals surface area contributed by atoms with Gasteiger partial charge in [-0.1, -0.05) is 24.2 Å². The van der Waals surface area contributed by atoms with E-state index in [-0.39, 0.29) is 6.04 Å². The number of hydrogen-bond donors (Lipinski definition) is 0. The van der Waals surface area contributed by atoms with Gasteiger partial charge >= 0.3 is 0 Å². The van der Waals surface area contributed by atoms with Gasteiger partial charge in [0.25, 0.3) is 0 Å². The summed E-state index contributed by atoms with van der Waals surface area (Å²) in [6.45, 7) is 4.66. The second-order valence-corrected chi connectivity index (χ2v) is 4.73. The molecule has 2 aliphatic carbocycles. The van der Waals surface area contributed by atoms with Crippen molar-refractivity contribution in [3.8, 4) is 0 Å². The highest BCUT2D eigenvalue weighted by Gasteiger charge is 2.27. The van der Waals surface area contributed by atoms with Crippen molar-refractivity contribution in [1.29, 1.82) is 0 Å². The summed E-state index contributed by atoms with van der Waals surface area (Å²) in [5.74, 6) is 1.36. The third kappa shape index (κ3) is 2.59. The lowest BCUT2D eigenvalue weighted by Crippen LogP contribution is -2.12. The standard InChI is InChI=1S/C14H19N3O/c1-3-18-13-6-4-5-11-7-8-12(14(11)13)9-10(2)16-17-15/h6-8,10,12H,3-5,9H2,1-2H3. The molecule has 96 valence electrons. The molecule has 2 aliphatic rings. The van der Waals surface area contributed by atoms with Gasteiger partial charge in [-0.05, 0) is 43.4 Å². The topological polar surface area (TPSA) is 58.0 Å². The minimum absolute atomic E-state index is 0.0151. The van der Waals surface area contributed by atoms with E-state index < -0.39 is 0 Å². The van der Waals surface area contributed by atoms with Crippen LogP contribution in [0.4, 0.5) is 0 Å². The summed E-state index contributed by atoms with van der Waals surface area (Å²) in [4.78, 5) is 2.88. The number of ether oxygens (including phenoxy) is 1. The van der Waals surface area contributed by atoms with E-state index in [0.717, 1.165) is 25.0 Å². The molecule has 0 heterocycles. The van der Waals surface area contributed by atoms with Gasteiger partial charge in [0.1, 0.15) is 5.76 Å². The molecule has 0 aromatic carbocycles. The van der Waals surface area contributed by atoms with E-state index in [1.165, 1.54) is 11.1 Å². The summed E-state index contributed by atoms with van der Waals surface area (Å²) in [6.07, 6.45) is 9.59. The lowest BCUT2D eigenvalue weighted by molar-refractivity contribution is 0.229. The summed E-state index contributed by atoms with van der Waals surface area (Å²) in [5, 5.41) is 3.76. The van der Waals surface area contributed by atoms with Crippen molar-refractivity contribution in [3.05, 3.63) is 45.6 Å². The van der Waals surface area contributed by atoms with Crippen LogP contribution in [0.1, 0.15) is 33.1 Å². The fourth-order valence-corrected chi connectivity index (χ4v) is 2.68. The van der Waals surface area contributed by atoms with Gasteiger partial charge in [0.15, 0.2) is 0 Å². The third-order valence-electron chi connectivity index (χ3n) is 3.40. The normalized spacial score (nSPS) is 23.2. The Morgan fingerprint density at radius 1 is 1.61 bits per heavy atom. The largest absolute Gasteiger partial charge is 0.494 e. The molecule has 0 amide bonds. The van der Waals surface area contributed by atoms with E-state index in [1.807, 2.05) is 13.8 Å². The Morgan fingerprint density at radius 3 is 3.17 bits per heavy atom. The van der Waals surface area contributed by atoms with Crippen LogP contribution in [0.5, 0.6) is 0 Å². The second-order valence-electron chi connectivity index (χ2n) is 4.73. The lowest BCUT2D eigenvalue weighted by Gasteiger charge is -2.22. The molecule has 0 spiro atoms. The van der Waals surface area contributed by atoms with Gasteiger partial charge in [-0.3, -0.25) is 0 Å². The van der Waals surface area contributed by atoms with Crippen molar-refractivity contribution in [2.75, 3.05) is 6.61 Å². The highest BCUT2D eigenvalue weighted by Crippen LogP contribution is 2.39. The first-order valence-electron chi connectivity index (χ1n) is 6.55. The molecule has 0 saturated heterocycles. The van der Waals surface area contributed by atoms with E-state index >= 15 is 0 Å². The van der Waals surface area contributed by atoms with Crippen molar-refractivity contribution < 1.29 is 4.74 Å². The number of azide groups is 1. The van der Waals surface area contributed by atoms with Crippen LogP contribution in [0.25, 0.3) is 10.4 Å². The molecule has 0 saturated carbocycles. The van der Waals surface area contributed by atoms with Crippen molar-refractivity contribution in [1.82, 2.24) is 0 Å². The molecule has 18 heavy (non-hydrogen) atoms.